The minimum atomic E-state index is 0.772. The predicted molar refractivity (Wildman–Crippen MR) is 107 cm³/mol. The van der Waals surface area contributed by atoms with Crippen LogP contribution in [0, 0.1) is 0 Å². The van der Waals surface area contributed by atoms with Gasteiger partial charge in [-0.3, -0.25) is 4.90 Å². The minimum Gasteiger partial charge on any atom is -0.291 e. The van der Waals surface area contributed by atoms with Crippen molar-refractivity contribution in [2.75, 3.05) is 14.1 Å². The zero-order valence-corrected chi connectivity index (χ0v) is 16.5. The van der Waals surface area contributed by atoms with Gasteiger partial charge in [-0.05, 0) is 44.6 Å². The van der Waals surface area contributed by atoms with E-state index in [9.17, 15) is 0 Å². The van der Waals surface area contributed by atoms with E-state index < -0.39 is 0 Å². The van der Waals surface area contributed by atoms with Crippen LogP contribution >= 0.6 is 0 Å². The summed E-state index contributed by atoms with van der Waals surface area (Å²) in [5.74, 6) is 0. The van der Waals surface area contributed by atoms with Gasteiger partial charge in [0.2, 0.25) is 0 Å². The molecule has 1 aromatic heterocycles. The molecule has 2 rings (SSSR count). The molecular weight excluding hydrogens is 308 g/mol. The van der Waals surface area contributed by atoms with E-state index in [-0.39, 0.29) is 0 Å². The van der Waals surface area contributed by atoms with E-state index in [1.54, 1.807) is 0 Å². The summed E-state index contributed by atoms with van der Waals surface area (Å²) in [6.07, 6.45) is 15.1. The van der Waals surface area contributed by atoms with Crippen molar-refractivity contribution in [1.82, 2.24) is 19.9 Å². The molecule has 140 valence electrons. The highest BCUT2D eigenvalue weighted by molar-refractivity contribution is 5.75. The summed E-state index contributed by atoms with van der Waals surface area (Å²) >= 11 is 0. The normalized spacial score (nSPS) is 11.7. The Bertz CT molecular complexity index is 603. The molecule has 0 spiro atoms. The number of fused-ring (bicyclic) bond motifs is 1. The molecule has 0 amide bonds. The predicted octanol–water partition coefficient (Wildman–Crippen LogP) is 5.41. The van der Waals surface area contributed by atoms with E-state index in [1.807, 2.05) is 18.8 Å². The molecule has 0 aliphatic carbocycles. The molecule has 0 bridgehead atoms. The van der Waals surface area contributed by atoms with E-state index in [0.717, 1.165) is 24.1 Å². The van der Waals surface area contributed by atoms with E-state index in [4.69, 9.17) is 0 Å². The zero-order chi connectivity index (χ0) is 17.9. The lowest BCUT2D eigenvalue weighted by molar-refractivity contribution is 0.309. The summed E-state index contributed by atoms with van der Waals surface area (Å²) < 4.78 is 1.96. The molecular formula is C21H36N4. The Kier molecular flexibility index (Phi) is 8.95. The van der Waals surface area contributed by atoms with Crippen molar-refractivity contribution >= 4 is 11.0 Å². The number of hydrogen-bond donors (Lipinski definition) is 0. The molecule has 4 heteroatoms. The molecule has 0 saturated heterocycles. The topological polar surface area (TPSA) is 34.0 Å². The van der Waals surface area contributed by atoms with Crippen molar-refractivity contribution in [2.24, 2.45) is 0 Å². The van der Waals surface area contributed by atoms with Gasteiger partial charge < -0.3 is 0 Å². The third-order valence-electron chi connectivity index (χ3n) is 4.81. The van der Waals surface area contributed by atoms with Crippen LogP contribution in [0.4, 0.5) is 0 Å². The maximum atomic E-state index is 4.32. The molecule has 1 heterocycles. The smallest absolute Gasteiger partial charge is 0.113 e. The summed E-state index contributed by atoms with van der Waals surface area (Å²) in [6, 6.07) is 6.62. The molecule has 0 saturated carbocycles. The van der Waals surface area contributed by atoms with Crippen molar-refractivity contribution < 1.29 is 0 Å². The van der Waals surface area contributed by atoms with E-state index in [0.29, 0.717) is 0 Å². The summed E-state index contributed by atoms with van der Waals surface area (Å²) in [5, 5.41) is 8.58. The quantitative estimate of drug-likeness (QED) is 0.455. The average molecular weight is 345 g/mol. The largest absolute Gasteiger partial charge is 0.291 e. The van der Waals surface area contributed by atoms with Crippen molar-refractivity contribution in [3.05, 3.63) is 23.8 Å². The van der Waals surface area contributed by atoms with Crippen molar-refractivity contribution in [3.8, 4) is 0 Å². The Morgan fingerprint density at radius 1 is 0.880 bits per heavy atom. The zero-order valence-electron chi connectivity index (χ0n) is 16.5. The highest BCUT2D eigenvalue weighted by atomic mass is 15.5. The second-order valence-corrected chi connectivity index (χ2v) is 7.57. The highest BCUT2D eigenvalue weighted by Crippen LogP contribution is 2.17. The van der Waals surface area contributed by atoms with Gasteiger partial charge in [0.05, 0.1) is 12.2 Å². The van der Waals surface area contributed by atoms with E-state index >= 15 is 0 Å². The fourth-order valence-electron chi connectivity index (χ4n) is 3.36. The van der Waals surface area contributed by atoms with Gasteiger partial charge >= 0.3 is 0 Å². The number of rotatable bonds is 13. The second kappa shape index (κ2) is 11.2. The van der Waals surface area contributed by atoms with Crippen molar-refractivity contribution in [3.63, 3.8) is 0 Å². The summed E-state index contributed by atoms with van der Waals surface area (Å²) in [6.45, 7) is 3.05. The van der Waals surface area contributed by atoms with Crippen LogP contribution in [0.25, 0.3) is 11.0 Å². The minimum absolute atomic E-state index is 0.772. The van der Waals surface area contributed by atoms with Crippen LogP contribution in [-0.2, 0) is 13.1 Å². The molecule has 4 nitrogen and oxygen atoms in total. The van der Waals surface area contributed by atoms with Gasteiger partial charge in [-0.2, -0.15) is 0 Å². The van der Waals surface area contributed by atoms with Crippen molar-refractivity contribution in [1.29, 1.82) is 0 Å². The third-order valence-corrected chi connectivity index (χ3v) is 4.81. The lowest BCUT2D eigenvalue weighted by Gasteiger charge is -2.09. The molecule has 0 aliphatic rings. The van der Waals surface area contributed by atoms with Crippen LogP contribution in [0.3, 0.4) is 0 Å². The van der Waals surface area contributed by atoms with E-state index in [2.05, 4.69) is 40.3 Å². The number of hydrogen-bond acceptors (Lipinski definition) is 3. The number of unbranched alkanes of at least 4 members (excludes halogenated alkanes) is 9. The lowest BCUT2D eigenvalue weighted by atomic mass is 10.0. The van der Waals surface area contributed by atoms with Gasteiger partial charge in [0.15, 0.2) is 0 Å². The summed E-state index contributed by atoms with van der Waals surface area (Å²) in [7, 11) is 4.10. The molecule has 0 unspecified atom stereocenters. The highest BCUT2D eigenvalue weighted by Gasteiger charge is 2.06. The van der Waals surface area contributed by atoms with Gasteiger partial charge in [0, 0.05) is 0 Å². The second-order valence-electron chi connectivity index (χ2n) is 7.57. The molecule has 0 atom stereocenters. The standard InChI is InChI=1S/C21H36N4/c1-4-5-6-7-8-9-10-11-12-13-14-19-15-16-21-20(17-19)22-23-25(21)18-24(2)3/h15-17H,4-14,18H2,1-3H3. The maximum Gasteiger partial charge on any atom is 0.113 e. The van der Waals surface area contributed by atoms with Crippen LogP contribution in [0.1, 0.15) is 76.7 Å². The Morgan fingerprint density at radius 3 is 2.16 bits per heavy atom. The van der Waals surface area contributed by atoms with Crippen LogP contribution in [0.5, 0.6) is 0 Å². The van der Waals surface area contributed by atoms with Gasteiger partial charge in [-0.15, -0.1) is 5.10 Å². The number of aryl methyl sites for hydroxylation is 1. The van der Waals surface area contributed by atoms with Crippen LogP contribution in [-0.4, -0.2) is 34.0 Å². The fourth-order valence-corrected chi connectivity index (χ4v) is 3.36. The SMILES string of the molecule is CCCCCCCCCCCCc1ccc2c(c1)nnn2CN(C)C. The Morgan fingerprint density at radius 2 is 1.52 bits per heavy atom. The van der Waals surface area contributed by atoms with Gasteiger partial charge in [0.25, 0.3) is 0 Å². The van der Waals surface area contributed by atoms with Crippen LogP contribution in [0.15, 0.2) is 18.2 Å². The first-order chi connectivity index (χ1) is 12.2. The summed E-state index contributed by atoms with van der Waals surface area (Å²) in [5.41, 5.74) is 3.54. The van der Waals surface area contributed by atoms with E-state index in [1.165, 1.54) is 69.8 Å². The first-order valence-corrected chi connectivity index (χ1v) is 10.2. The Hall–Kier alpha value is -1.42. The third kappa shape index (κ3) is 7.15. The van der Waals surface area contributed by atoms with Gasteiger partial charge in [-0.1, -0.05) is 76.0 Å². The molecule has 2 aromatic rings. The monoisotopic (exact) mass is 344 g/mol. The van der Waals surface area contributed by atoms with Gasteiger partial charge in [0.1, 0.15) is 5.52 Å². The van der Waals surface area contributed by atoms with Crippen LogP contribution < -0.4 is 0 Å². The van der Waals surface area contributed by atoms with Crippen molar-refractivity contribution in [2.45, 2.75) is 84.2 Å². The molecule has 1 aromatic carbocycles. The lowest BCUT2D eigenvalue weighted by Crippen LogP contribution is -2.17. The Labute approximate surface area is 153 Å². The number of aromatic nitrogens is 3. The molecule has 0 aliphatic heterocycles. The number of nitrogens with zero attached hydrogens (tertiary/aromatic N) is 4. The maximum absolute atomic E-state index is 4.32. The summed E-state index contributed by atoms with van der Waals surface area (Å²) in [4.78, 5) is 2.10. The molecule has 0 radical (unpaired) electrons. The van der Waals surface area contributed by atoms with Crippen LogP contribution in [0.2, 0.25) is 0 Å². The fraction of sp³-hybridized carbons (Fsp3) is 0.714. The molecule has 0 fully saturated rings. The average Bonchev–Trinajstić information content (AvgIpc) is 2.98. The molecule has 25 heavy (non-hydrogen) atoms. The Balaban J connectivity index is 1.63. The molecule has 0 N–H and O–H groups in total. The first-order valence-electron chi connectivity index (χ1n) is 10.2. The number of benzene rings is 1. The first kappa shape index (κ1) is 19.9. The van der Waals surface area contributed by atoms with Gasteiger partial charge in [-0.25, -0.2) is 4.68 Å².